The number of carbonyl (C=O) groups excluding carboxylic acids is 1. The van der Waals surface area contributed by atoms with Crippen molar-refractivity contribution in [3.05, 3.63) is 45.8 Å². The Morgan fingerprint density at radius 1 is 1.17 bits per heavy atom. The van der Waals surface area contributed by atoms with Crippen LogP contribution in [0, 0.1) is 25.2 Å². The minimum Gasteiger partial charge on any atom is -0.312 e. The Bertz CT molecular complexity index is 1040. The van der Waals surface area contributed by atoms with E-state index in [1.54, 1.807) is 7.05 Å². The number of sulfonamides is 1. The zero-order valence-electron chi connectivity index (χ0n) is 16.9. The molecule has 0 unspecified atom stereocenters. The maximum absolute atomic E-state index is 12.9. The number of hydrogen-bond donors (Lipinski definition) is 1. The van der Waals surface area contributed by atoms with Crippen molar-refractivity contribution in [2.45, 2.75) is 56.9 Å². The first-order valence-electron chi connectivity index (χ1n) is 9.65. The molecule has 1 amide bonds. The first-order chi connectivity index (χ1) is 13.8. The molecule has 6 nitrogen and oxygen atoms in total. The number of carbonyl (C=O) groups is 1. The van der Waals surface area contributed by atoms with Crippen LogP contribution in [0.1, 0.15) is 58.5 Å². The van der Waals surface area contributed by atoms with E-state index in [-0.39, 0.29) is 16.8 Å². The summed E-state index contributed by atoms with van der Waals surface area (Å²) in [5.41, 5.74) is 1.67. The molecule has 154 valence electrons. The van der Waals surface area contributed by atoms with Gasteiger partial charge < -0.3 is 5.32 Å². The van der Waals surface area contributed by atoms with Crippen LogP contribution >= 0.6 is 11.3 Å². The molecule has 1 aliphatic rings. The van der Waals surface area contributed by atoms with Crippen LogP contribution in [-0.2, 0) is 10.0 Å². The van der Waals surface area contributed by atoms with Crippen molar-refractivity contribution in [3.8, 4) is 6.07 Å². The van der Waals surface area contributed by atoms with Crippen molar-refractivity contribution in [1.29, 1.82) is 5.26 Å². The summed E-state index contributed by atoms with van der Waals surface area (Å²) in [5, 5.41) is 12.6. The van der Waals surface area contributed by atoms with Crippen molar-refractivity contribution < 1.29 is 13.2 Å². The molecule has 1 fully saturated rings. The lowest BCUT2D eigenvalue weighted by atomic mass is 9.96. The zero-order valence-corrected chi connectivity index (χ0v) is 18.5. The maximum atomic E-state index is 12.9. The summed E-state index contributed by atoms with van der Waals surface area (Å²) in [6.07, 6.45) is 5.03. The number of amides is 1. The summed E-state index contributed by atoms with van der Waals surface area (Å²) in [7, 11) is -1.96. The molecule has 0 radical (unpaired) electrons. The van der Waals surface area contributed by atoms with Crippen molar-refractivity contribution >= 4 is 32.3 Å². The normalized spacial score (nSPS) is 15.3. The molecule has 1 N–H and O–H groups in total. The fourth-order valence-electron chi connectivity index (χ4n) is 3.61. The highest BCUT2D eigenvalue weighted by atomic mass is 32.2. The van der Waals surface area contributed by atoms with Gasteiger partial charge in [-0.05, 0) is 56.5 Å². The number of nitrogens with zero attached hydrogens (tertiary/aromatic N) is 2. The Kier molecular flexibility index (Phi) is 6.42. The number of benzene rings is 1. The summed E-state index contributed by atoms with van der Waals surface area (Å²) in [6.45, 7) is 3.75. The highest BCUT2D eigenvalue weighted by Gasteiger charge is 2.29. The van der Waals surface area contributed by atoms with E-state index in [0.29, 0.717) is 16.1 Å². The van der Waals surface area contributed by atoms with Gasteiger partial charge in [0.05, 0.1) is 10.5 Å². The quantitative estimate of drug-likeness (QED) is 0.758. The van der Waals surface area contributed by atoms with Crippen LogP contribution in [0.25, 0.3) is 0 Å². The molecule has 0 spiro atoms. The third kappa shape index (κ3) is 4.37. The number of anilines is 1. The minimum atomic E-state index is -3.59. The number of rotatable bonds is 5. The van der Waals surface area contributed by atoms with Gasteiger partial charge >= 0.3 is 0 Å². The fourth-order valence-corrected chi connectivity index (χ4v) is 6.03. The van der Waals surface area contributed by atoms with Gasteiger partial charge in [0.1, 0.15) is 11.1 Å². The van der Waals surface area contributed by atoms with Crippen LogP contribution in [0.2, 0.25) is 0 Å². The van der Waals surface area contributed by atoms with Crippen molar-refractivity contribution in [2.75, 3.05) is 12.4 Å². The Morgan fingerprint density at radius 3 is 2.38 bits per heavy atom. The van der Waals surface area contributed by atoms with Gasteiger partial charge in [-0.2, -0.15) is 9.57 Å². The number of nitrogens with one attached hydrogen (secondary N) is 1. The topological polar surface area (TPSA) is 90.3 Å². The Labute approximate surface area is 176 Å². The van der Waals surface area contributed by atoms with Gasteiger partial charge in [0.25, 0.3) is 5.91 Å². The fraction of sp³-hybridized carbons (Fsp3) is 0.429. The standard InChI is InChI=1S/C21H25N3O3S2/c1-14-15(2)28-21(19(14)13-22)23-20(25)16-9-11-18(12-10-16)29(26,27)24(3)17-7-5-4-6-8-17/h9-12,17H,4-8H2,1-3H3,(H,23,25). The highest BCUT2D eigenvalue weighted by Crippen LogP contribution is 2.32. The molecule has 8 heteroatoms. The maximum Gasteiger partial charge on any atom is 0.256 e. The summed E-state index contributed by atoms with van der Waals surface area (Å²) >= 11 is 1.36. The van der Waals surface area contributed by atoms with E-state index in [2.05, 4.69) is 11.4 Å². The number of nitriles is 1. The van der Waals surface area contributed by atoms with Crippen LogP contribution in [-0.4, -0.2) is 31.7 Å². The lowest BCUT2D eigenvalue weighted by molar-refractivity contribution is 0.102. The molecule has 1 saturated carbocycles. The van der Waals surface area contributed by atoms with Gasteiger partial charge in [-0.25, -0.2) is 8.42 Å². The van der Waals surface area contributed by atoms with Crippen LogP contribution < -0.4 is 5.32 Å². The van der Waals surface area contributed by atoms with E-state index in [4.69, 9.17) is 0 Å². The van der Waals surface area contributed by atoms with Gasteiger partial charge in [0, 0.05) is 23.5 Å². The van der Waals surface area contributed by atoms with Gasteiger partial charge in [0.15, 0.2) is 0 Å². The van der Waals surface area contributed by atoms with Crippen molar-refractivity contribution in [3.63, 3.8) is 0 Å². The predicted molar refractivity (Wildman–Crippen MR) is 115 cm³/mol. The van der Waals surface area contributed by atoms with Gasteiger partial charge in [0.2, 0.25) is 10.0 Å². The molecule has 1 aliphatic carbocycles. The van der Waals surface area contributed by atoms with Crippen LogP contribution in [0.4, 0.5) is 5.00 Å². The molecule has 3 rings (SSSR count). The van der Waals surface area contributed by atoms with E-state index in [0.717, 1.165) is 42.5 Å². The zero-order chi connectivity index (χ0) is 21.2. The Balaban J connectivity index is 1.76. The molecule has 2 aromatic rings. The summed E-state index contributed by atoms with van der Waals surface area (Å²) in [6, 6.07) is 8.12. The molecule has 1 heterocycles. The molecule has 29 heavy (non-hydrogen) atoms. The van der Waals surface area contributed by atoms with Gasteiger partial charge in [-0.3, -0.25) is 4.79 Å². The predicted octanol–water partition coefficient (Wildman–Crippen LogP) is 4.44. The smallest absolute Gasteiger partial charge is 0.256 e. The van der Waals surface area contributed by atoms with Gasteiger partial charge in [-0.1, -0.05) is 19.3 Å². The minimum absolute atomic E-state index is 0.0337. The van der Waals surface area contributed by atoms with Crippen LogP contribution in [0.15, 0.2) is 29.2 Å². The van der Waals surface area contributed by atoms with Crippen molar-refractivity contribution in [2.24, 2.45) is 0 Å². The highest BCUT2D eigenvalue weighted by molar-refractivity contribution is 7.89. The largest absolute Gasteiger partial charge is 0.312 e. The van der Waals surface area contributed by atoms with E-state index in [9.17, 15) is 18.5 Å². The molecule has 1 aromatic heterocycles. The number of hydrogen-bond acceptors (Lipinski definition) is 5. The number of thiophene rings is 1. The lowest BCUT2D eigenvalue weighted by Crippen LogP contribution is -2.38. The second-order valence-electron chi connectivity index (χ2n) is 7.39. The second kappa shape index (κ2) is 8.66. The molecular weight excluding hydrogens is 406 g/mol. The summed E-state index contributed by atoms with van der Waals surface area (Å²) in [5.74, 6) is -0.368. The molecule has 0 aliphatic heterocycles. The lowest BCUT2D eigenvalue weighted by Gasteiger charge is -2.30. The second-order valence-corrected chi connectivity index (χ2v) is 10.6. The Morgan fingerprint density at radius 2 is 1.79 bits per heavy atom. The van der Waals surface area contributed by atoms with Gasteiger partial charge in [-0.15, -0.1) is 11.3 Å². The first kappa shape index (κ1) is 21.5. The van der Waals surface area contributed by atoms with Crippen LogP contribution in [0.3, 0.4) is 0 Å². The summed E-state index contributed by atoms with van der Waals surface area (Å²) in [4.78, 5) is 13.7. The number of aryl methyl sites for hydroxylation is 1. The molecule has 0 atom stereocenters. The SMILES string of the molecule is Cc1sc(NC(=O)c2ccc(S(=O)(=O)N(C)C3CCCCC3)cc2)c(C#N)c1C. The molecule has 0 bridgehead atoms. The third-order valence-electron chi connectivity index (χ3n) is 5.61. The third-order valence-corrected chi connectivity index (χ3v) is 8.65. The average molecular weight is 432 g/mol. The van der Waals surface area contributed by atoms with E-state index in [1.165, 1.54) is 39.9 Å². The van der Waals surface area contributed by atoms with Crippen molar-refractivity contribution in [1.82, 2.24) is 4.31 Å². The van der Waals surface area contributed by atoms with E-state index in [1.807, 2.05) is 13.8 Å². The molecule has 1 aromatic carbocycles. The Hall–Kier alpha value is -2.21. The molecular formula is C21H25N3O3S2. The summed E-state index contributed by atoms with van der Waals surface area (Å²) < 4.78 is 27.3. The molecule has 0 saturated heterocycles. The van der Waals surface area contributed by atoms with Crippen LogP contribution in [0.5, 0.6) is 0 Å². The van der Waals surface area contributed by atoms with E-state index < -0.39 is 10.0 Å². The monoisotopic (exact) mass is 431 g/mol. The first-order valence-corrected chi connectivity index (χ1v) is 11.9. The van der Waals surface area contributed by atoms with E-state index >= 15 is 0 Å². The average Bonchev–Trinajstić information content (AvgIpc) is 3.00.